The fourth-order valence-electron chi connectivity index (χ4n) is 2.30. The van der Waals surface area contributed by atoms with Gasteiger partial charge in [-0.1, -0.05) is 26.0 Å². The van der Waals surface area contributed by atoms with E-state index in [1.807, 2.05) is 26.0 Å². The Labute approximate surface area is 169 Å². The quantitative estimate of drug-likeness (QED) is 0.226. The molecule has 0 bridgehead atoms. The highest BCUT2D eigenvalue weighted by Gasteiger charge is 2.13. The maximum Gasteiger partial charge on any atom is 0.191 e. The second-order valence-corrected chi connectivity index (χ2v) is 6.33. The molecule has 25 heavy (non-hydrogen) atoms. The van der Waals surface area contributed by atoms with Gasteiger partial charge < -0.3 is 19.8 Å². The van der Waals surface area contributed by atoms with E-state index in [4.69, 9.17) is 9.15 Å². The van der Waals surface area contributed by atoms with Gasteiger partial charge in [-0.2, -0.15) is 0 Å². The molecule has 2 N–H and O–H groups in total. The smallest absolute Gasteiger partial charge is 0.191 e. The van der Waals surface area contributed by atoms with Crippen molar-refractivity contribution >= 4 is 29.9 Å². The SMILES string of the molecule is C=C(C)CN=C(NCCc1ccco1)NCCC(OCC)C(C)C.I. The van der Waals surface area contributed by atoms with E-state index in [1.165, 1.54) is 0 Å². The van der Waals surface area contributed by atoms with Crippen LogP contribution in [-0.4, -0.2) is 38.3 Å². The molecule has 0 saturated carbocycles. The van der Waals surface area contributed by atoms with Crippen molar-refractivity contribution in [3.63, 3.8) is 0 Å². The molecule has 1 aromatic rings. The number of furan rings is 1. The summed E-state index contributed by atoms with van der Waals surface area (Å²) in [4.78, 5) is 4.55. The maximum atomic E-state index is 5.79. The Morgan fingerprint density at radius 3 is 2.60 bits per heavy atom. The number of nitrogens with zero attached hydrogens (tertiary/aromatic N) is 1. The summed E-state index contributed by atoms with van der Waals surface area (Å²) in [5, 5.41) is 6.73. The molecule has 0 saturated heterocycles. The van der Waals surface area contributed by atoms with Gasteiger partial charge in [-0.3, -0.25) is 0 Å². The summed E-state index contributed by atoms with van der Waals surface area (Å²) in [5.41, 5.74) is 1.04. The predicted octanol–water partition coefficient (Wildman–Crippen LogP) is 4.00. The monoisotopic (exact) mass is 463 g/mol. The normalized spacial score (nSPS) is 12.6. The number of hydrogen-bond donors (Lipinski definition) is 2. The van der Waals surface area contributed by atoms with Gasteiger partial charge in [0.2, 0.25) is 0 Å². The van der Waals surface area contributed by atoms with Crippen molar-refractivity contribution in [1.29, 1.82) is 0 Å². The van der Waals surface area contributed by atoms with Gasteiger partial charge in [0.15, 0.2) is 5.96 Å². The number of aliphatic imine (C=N–C) groups is 1. The first-order valence-electron chi connectivity index (χ1n) is 8.83. The molecule has 1 rings (SSSR count). The molecule has 6 heteroatoms. The summed E-state index contributed by atoms with van der Waals surface area (Å²) in [6.07, 6.45) is 3.75. The Bertz CT molecular complexity index is 487. The third kappa shape index (κ3) is 11.3. The Kier molecular flexibility index (Phi) is 13.6. The summed E-state index contributed by atoms with van der Waals surface area (Å²) >= 11 is 0. The first kappa shape index (κ1) is 24.0. The van der Waals surface area contributed by atoms with Gasteiger partial charge >= 0.3 is 0 Å². The minimum absolute atomic E-state index is 0. The van der Waals surface area contributed by atoms with E-state index in [9.17, 15) is 0 Å². The first-order valence-corrected chi connectivity index (χ1v) is 8.83. The Balaban J connectivity index is 0.00000576. The fourth-order valence-corrected chi connectivity index (χ4v) is 2.30. The van der Waals surface area contributed by atoms with Gasteiger partial charge in [-0.05, 0) is 38.3 Å². The zero-order chi connectivity index (χ0) is 17.8. The number of nitrogens with one attached hydrogen (secondary N) is 2. The fraction of sp³-hybridized carbons (Fsp3) is 0.632. The van der Waals surface area contributed by atoms with Crippen LogP contribution in [0.1, 0.15) is 39.9 Å². The molecule has 144 valence electrons. The lowest BCUT2D eigenvalue weighted by molar-refractivity contribution is 0.0258. The second-order valence-electron chi connectivity index (χ2n) is 6.33. The van der Waals surface area contributed by atoms with Crippen LogP contribution in [-0.2, 0) is 11.2 Å². The summed E-state index contributed by atoms with van der Waals surface area (Å²) in [6.45, 7) is 15.3. The van der Waals surface area contributed by atoms with Crippen molar-refractivity contribution in [2.45, 2.75) is 46.6 Å². The largest absolute Gasteiger partial charge is 0.469 e. The van der Waals surface area contributed by atoms with E-state index >= 15 is 0 Å². The number of hydrogen-bond acceptors (Lipinski definition) is 3. The molecular weight excluding hydrogens is 429 g/mol. The molecule has 0 aromatic carbocycles. The third-order valence-electron chi connectivity index (χ3n) is 3.60. The molecule has 0 aliphatic carbocycles. The van der Waals surface area contributed by atoms with Crippen molar-refractivity contribution in [2.24, 2.45) is 10.9 Å². The highest BCUT2D eigenvalue weighted by atomic mass is 127. The zero-order valence-corrected chi connectivity index (χ0v) is 18.3. The Morgan fingerprint density at radius 2 is 2.04 bits per heavy atom. The molecule has 0 spiro atoms. The lowest BCUT2D eigenvalue weighted by atomic mass is 10.0. The molecule has 0 amide bonds. The second kappa shape index (κ2) is 14.2. The van der Waals surface area contributed by atoms with Gasteiger partial charge in [0.25, 0.3) is 0 Å². The summed E-state index contributed by atoms with van der Waals surface area (Å²) in [6, 6.07) is 3.89. The van der Waals surface area contributed by atoms with Crippen molar-refractivity contribution in [3.05, 3.63) is 36.3 Å². The summed E-state index contributed by atoms with van der Waals surface area (Å²) in [7, 11) is 0. The standard InChI is InChI=1S/C19H33N3O2.HI/c1-6-23-18(16(4)5)10-12-21-19(22-14-15(2)3)20-11-9-17-8-7-13-24-17;/h7-8,13,16,18H,2,6,9-12,14H2,1,3-5H3,(H2,20,21,22);1H. The topological polar surface area (TPSA) is 58.8 Å². The molecule has 1 aromatic heterocycles. The minimum Gasteiger partial charge on any atom is -0.469 e. The molecule has 0 aliphatic rings. The van der Waals surface area contributed by atoms with Crippen LogP contribution in [0.25, 0.3) is 0 Å². The third-order valence-corrected chi connectivity index (χ3v) is 3.60. The van der Waals surface area contributed by atoms with E-state index in [0.29, 0.717) is 12.5 Å². The van der Waals surface area contributed by atoms with Crippen LogP contribution < -0.4 is 10.6 Å². The zero-order valence-electron chi connectivity index (χ0n) is 16.0. The predicted molar refractivity (Wildman–Crippen MR) is 116 cm³/mol. The Hall–Kier alpha value is -1.02. The molecule has 1 heterocycles. The van der Waals surface area contributed by atoms with E-state index in [2.05, 4.69) is 36.1 Å². The molecule has 0 aliphatic heterocycles. The number of ether oxygens (including phenoxy) is 1. The first-order chi connectivity index (χ1) is 11.5. The van der Waals surface area contributed by atoms with Gasteiger partial charge in [0.1, 0.15) is 5.76 Å². The summed E-state index contributed by atoms with van der Waals surface area (Å²) < 4.78 is 11.1. The molecule has 5 nitrogen and oxygen atoms in total. The molecule has 0 fully saturated rings. The van der Waals surface area contributed by atoms with Crippen molar-refractivity contribution < 1.29 is 9.15 Å². The van der Waals surface area contributed by atoms with Crippen LogP contribution in [0.4, 0.5) is 0 Å². The van der Waals surface area contributed by atoms with Gasteiger partial charge in [-0.15, -0.1) is 24.0 Å². The minimum atomic E-state index is 0. The highest BCUT2D eigenvalue weighted by Crippen LogP contribution is 2.09. The molecule has 0 radical (unpaired) electrons. The lowest BCUT2D eigenvalue weighted by Crippen LogP contribution is -2.40. The number of rotatable bonds is 11. The van der Waals surface area contributed by atoms with Crippen LogP contribution >= 0.6 is 24.0 Å². The van der Waals surface area contributed by atoms with Crippen LogP contribution in [0, 0.1) is 5.92 Å². The van der Waals surface area contributed by atoms with E-state index < -0.39 is 0 Å². The van der Waals surface area contributed by atoms with Crippen molar-refractivity contribution in [3.8, 4) is 0 Å². The average Bonchev–Trinajstić information content (AvgIpc) is 3.04. The highest BCUT2D eigenvalue weighted by molar-refractivity contribution is 14.0. The molecular formula is C19H34IN3O2. The van der Waals surface area contributed by atoms with E-state index in [-0.39, 0.29) is 30.1 Å². The van der Waals surface area contributed by atoms with Crippen LogP contribution in [0.15, 0.2) is 40.0 Å². The van der Waals surface area contributed by atoms with Crippen LogP contribution in [0.5, 0.6) is 0 Å². The molecule has 1 unspecified atom stereocenters. The van der Waals surface area contributed by atoms with Crippen LogP contribution in [0.2, 0.25) is 0 Å². The van der Waals surface area contributed by atoms with Gasteiger partial charge in [-0.25, -0.2) is 4.99 Å². The average molecular weight is 463 g/mol. The number of guanidine groups is 1. The van der Waals surface area contributed by atoms with E-state index in [1.54, 1.807) is 6.26 Å². The number of halogens is 1. The van der Waals surface area contributed by atoms with Crippen molar-refractivity contribution in [2.75, 3.05) is 26.2 Å². The lowest BCUT2D eigenvalue weighted by Gasteiger charge is -2.21. The van der Waals surface area contributed by atoms with Crippen LogP contribution in [0.3, 0.4) is 0 Å². The van der Waals surface area contributed by atoms with E-state index in [0.717, 1.165) is 49.8 Å². The van der Waals surface area contributed by atoms with Gasteiger partial charge in [0, 0.05) is 26.1 Å². The molecule has 1 atom stereocenters. The van der Waals surface area contributed by atoms with Gasteiger partial charge in [0.05, 0.1) is 18.9 Å². The maximum absolute atomic E-state index is 5.79. The summed E-state index contributed by atoms with van der Waals surface area (Å²) in [5.74, 6) is 2.29. The Morgan fingerprint density at radius 1 is 1.32 bits per heavy atom. The van der Waals surface area contributed by atoms with Crippen molar-refractivity contribution in [1.82, 2.24) is 10.6 Å².